The predicted molar refractivity (Wildman–Crippen MR) is 187 cm³/mol. The molecule has 0 aliphatic carbocycles. The first-order chi connectivity index (χ1) is 21.5. The third-order valence-electron chi connectivity index (χ3n) is 8.18. The van der Waals surface area contributed by atoms with Gasteiger partial charge in [0.15, 0.2) is 14.7 Å². The Morgan fingerprint density at radius 2 is 0.705 bits per heavy atom. The highest BCUT2D eigenvalue weighted by Gasteiger charge is 2.28. The van der Waals surface area contributed by atoms with E-state index in [0.717, 1.165) is 0 Å². The third-order valence-corrected chi connectivity index (χ3v) is 10.4. The predicted octanol–water partition coefficient (Wildman–Crippen LogP) is 11.2. The molecular formula is C40H58O3S. The Kier molecular flexibility index (Phi) is 20.1. The average molecular weight is 619 g/mol. The lowest BCUT2D eigenvalue weighted by atomic mass is 10.1. The van der Waals surface area contributed by atoms with Crippen molar-refractivity contribution in [2.45, 2.75) is 151 Å². The Labute approximate surface area is 271 Å². The van der Waals surface area contributed by atoms with Gasteiger partial charge in [0.1, 0.15) is 0 Å². The van der Waals surface area contributed by atoms with Gasteiger partial charge >= 0.3 is 0 Å². The van der Waals surface area contributed by atoms with Crippen LogP contribution in [0, 0.1) is 0 Å². The summed E-state index contributed by atoms with van der Waals surface area (Å²) in [6, 6.07) is 28.8. The Bertz CT molecular complexity index is 982. The van der Waals surface area contributed by atoms with E-state index < -0.39 is 6.16 Å². The molecule has 0 aromatic heterocycles. The Balaban J connectivity index is 0.00000159. The second kappa shape index (κ2) is 23.6. The minimum atomic E-state index is -2.08. The van der Waals surface area contributed by atoms with Crippen molar-refractivity contribution in [2.75, 3.05) is 0 Å². The van der Waals surface area contributed by atoms with Gasteiger partial charge in [-0.1, -0.05) is 134 Å². The summed E-state index contributed by atoms with van der Waals surface area (Å²) in [5.41, 5.74) is 4.46. The molecule has 0 fully saturated rings. The van der Waals surface area contributed by atoms with Gasteiger partial charge in [0.05, 0.1) is 10.9 Å². The summed E-state index contributed by atoms with van der Waals surface area (Å²) in [5, 5.41) is 15.3. The monoisotopic (exact) mass is 618 g/mol. The van der Waals surface area contributed by atoms with Crippen LogP contribution in [0.3, 0.4) is 0 Å². The Hall–Kier alpha value is -2.72. The van der Waals surface area contributed by atoms with Crippen molar-refractivity contribution in [1.29, 1.82) is 0 Å². The van der Waals surface area contributed by atoms with Gasteiger partial charge in [0.25, 0.3) is 0 Å². The molecule has 0 aliphatic rings. The Morgan fingerprint density at radius 1 is 0.477 bits per heavy atom. The lowest BCUT2D eigenvalue weighted by Gasteiger charge is -2.11. The molecular weight excluding hydrogens is 561 g/mol. The highest BCUT2D eigenvalue weighted by Crippen LogP contribution is 2.32. The van der Waals surface area contributed by atoms with Crippen molar-refractivity contribution < 1.29 is 15.0 Å². The van der Waals surface area contributed by atoms with E-state index in [1.54, 1.807) is 0 Å². The van der Waals surface area contributed by atoms with Crippen LogP contribution in [0.2, 0.25) is 0 Å². The summed E-state index contributed by atoms with van der Waals surface area (Å²) in [5.74, 6) is 0. The molecule has 3 rings (SSSR count). The van der Waals surface area contributed by atoms with Crippen molar-refractivity contribution in [3.8, 4) is 0 Å². The number of carboxylic acid groups (broad SMARTS) is 2. The van der Waals surface area contributed by atoms with E-state index in [-0.39, 0.29) is 10.9 Å². The van der Waals surface area contributed by atoms with Crippen LogP contribution < -0.4 is 5.11 Å². The van der Waals surface area contributed by atoms with Gasteiger partial charge in [-0.3, -0.25) is 0 Å². The van der Waals surface area contributed by atoms with Crippen molar-refractivity contribution >= 4 is 17.1 Å². The lowest BCUT2D eigenvalue weighted by molar-refractivity contribution is -0.275. The molecule has 0 spiro atoms. The molecule has 0 unspecified atom stereocenters. The van der Waals surface area contributed by atoms with Gasteiger partial charge in [0.2, 0.25) is 6.16 Å². The van der Waals surface area contributed by atoms with Gasteiger partial charge < -0.3 is 15.0 Å². The maximum atomic E-state index is 8.44. The third kappa shape index (κ3) is 15.8. The van der Waals surface area contributed by atoms with E-state index in [9.17, 15) is 0 Å². The van der Waals surface area contributed by atoms with E-state index in [1.165, 1.54) is 147 Å². The van der Waals surface area contributed by atoms with E-state index >= 15 is 0 Å². The van der Waals surface area contributed by atoms with E-state index in [2.05, 4.69) is 93.6 Å². The quantitative estimate of drug-likeness (QED) is 0.0954. The second-order valence-corrected chi connectivity index (χ2v) is 14.0. The zero-order chi connectivity index (χ0) is 31.8. The molecule has 0 bridgehead atoms. The SMILES string of the molecule is CCCCCCCc1ccc([S+](c2ccc(CCCCCCC)cc2)c2ccc(CCCCCCC)cc2)cc1.O=C([O-])O. The molecule has 0 heterocycles. The first kappa shape index (κ1) is 37.5. The highest BCUT2D eigenvalue weighted by atomic mass is 32.2. The van der Waals surface area contributed by atoms with E-state index in [1.807, 2.05) is 0 Å². The lowest BCUT2D eigenvalue weighted by Crippen LogP contribution is -2.17. The zero-order valence-electron chi connectivity index (χ0n) is 27.8. The van der Waals surface area contributed by atoms with Crippen LogP contribution in [-0.2, 0) is 30.2 Å². The van der Waals surface area contributed by atoms with E-state index in [4.69, 9.17) is 15.0 Å². The summed E-state index contributed by atoms with van der Waals surface area (Å²) in [6.07, 6.45) is 21.7. The molecule has 0 radical (unpaired) electrons. The molecule has 44 heavy (non-hydrogen) atoms. The maximum Gasteiger partial charge on any atom is 0.249 e. The van der Waals surface area contributed by atoms with Crippen LogP contribution in [0.4, 0.5) is 4.79 Å². The van der Waals surface area contributed by atoms with Gasteiger partial charge in [-0.05, 0) is 91.6 Å². The molecule has 0 atom stereocenters. The smallest absolute Gasteiger partial charge is 0.249 e. The molecule has 0 amide bonds. The number of hydrogen-bond donors (Lipinski definition) is 1. The summed E-state index contributed by atoms with van der Waals surface area (Å²) < 4.78 is 0. The van der Waals surface area contributed by atoms with Gasteiger partial charge in [-0.25, -0.2) is 0 Å². The minimum absolute atomic E-state index is 0.0695. The molecule has 3 aromatic rings. The molecule has 4 heteroatoms. The number of aryl methyl sites for hydroxylation is 3. The topological polar surface area (TPSA) is 60.4 Å². The largest absolute Gasteiger partial charge is 0.565 e. The molecule has 0 aliphatic heterocycles. The fourth-order valence-electron chi connectivity index (χ4n) is 5.58. The summed E-state index contributed by atoms with van der Waals surface area (Å²) in [6.45, 7) is 6.88. The summed E-state index contributed by atoms with van der Waals surface area (Å²) >= 11 is 0. The van der Waals surface area contributed by atoms with Crippen LogP contribution in [0.25, 0.3) is 0 Å². The minimum Gasteiger partial charge on any atom is -0.565 e. The average Bonchev–Trinajstić information content (AvgIpc) is 3.03. The van der Waals surface area contributed by atoms with Crippen LogP contribution >= 0.6 is 0 Å². The van der Waals surface area contributed by atoms with Gasteiger partial charge in [-0.15, -0.1) is 0 Å². The first-order valence-electron chi connectivity index (χ1n) is 17.4. The molecule has 0 saturated heterocycles. The van der Waals surface area contributed by atoms with Crippen molar-refractivity contribution in [2.24, 2.45) is 0 Å². The van der Waals surface area contributed by atoms with Crippen molar-refractivity contribution in [1.82, 2.24) is 0 Å². The number of hydrogen-bond acceptors (Lipinski definition) is 2. The highest BCUT2D eigenvalue weighted by molar-refractivity contribution is 7.97. The molecule has 0 saturated carbocycles. The number of rotatable bonds is 21. The van der Waals surface area contributed by atoms with Gasteiger partial charge in [-0.2, -0.15) is 0 Å². The Morgan fingerprint density at radius 3 is 0.932 bits per heavy atom. The zero-order valence-corrected chi connectivity index (χ0v) is 28.6. The molecule has 3 nitrogen and oxygen atoms in total. The second-order valence-electron chi connectivity index (χ2n) is 12.0. The molecule has 1 N–H and O–H groups in total. The van der Waals surface area contributed by atoms with Crippen molar-refractivity contribution in [3.63, 3.8) is 0 Å². The summed E-state index contributed by atoms with van der Waals surface area (Å²) in [4.78, 5) is 12.8. The van der Waals surface area contributed by atoms with Gasteiger partial charge in [0, 0.05) is 0 Å². The van der Waals surface area contributed by atoms with E-state index in [0.29, 0.717) is 0 Å². The van der Waals surface area contributed by atoms with Crippen LogP contribution in [-0.4, -0.2) is 11.3 Å². The first-order valence-corrected chi connectivity index (χ1v) is 18.6. The summed E-state index contributed by atoms with van der Waals surface area (Å²) in [7, 11) is -0.0695. The maximum absolute atomic E-state index is 8.44. The fourth-order valence-corrected chi connectivity index (χ4v) is 7.62. The number of unbranched alkanes of at least 4 members (excludes halogenated alkanes) is 12. The van der Waals surface area contributed by atoms with Crippen LogP contribution in [0.5, 0.6) is 0 Å². The van der Waals surface area contributed by atoms with Crippen LogP contribution in [0.15, 0.2) is 87.5 Å². The number of benzene rings is 3. The van der Waals surface area contributed by atoms with Crippen LogP contribution in [0.1, 0.15) is 134 Å². The standard InChI is InChI=1S/C39H57S.CH2O3/c1-4-7-10-13-16-19-34-22-28-37(29-23-34)40(38-30-24-35(25-31-38)20-17-14-11-8-5-2)39-32-26-36(27-33-39)21-18-15-12-9-6-3;2-1(3)4/h22-33H,4-21H2,1-3H3;(H2,2,3,4)/q+1;/p-1. The molecule has 3 aromatic carbocycles. The van der Waals surface area contributed by atoms with Crippen molar-refractivity contribution in [3.05, 3.63) is 89.5 Å². The normalized spacial score (nSPS) is 10.9. The number of carbonyl (C=O) groups is 1. The molecule has 242 valence electrons. The fraction of sp³-hybridized carbons (Fsp3) is 0.525.